The summed E-state index contributed by atoms with van der Waals surface area (Å²) in [4.78, 5) is 15.8. The number of piperidine rings is 1. The van der Waals surface area contributed by atoms with Gasteiger partial charge in [0.15, 0.2) is 0 Å². The smallest absolute Gasteiger partial charge is 0.234 e. The number of aryl methyl sites for hydroxylation is 1. The van der Waals surface area contributed by atoms with Gasteiger partial charge in [-0.05, 0) is 44.5 Å². The SMILES string of the molecule is Cc1cnccc1NC(=O)CSC1CCNCC1. The van der Waals surface area contributed by atoms with Gasteiger partial charge in [-0.3, -0.25) is 9.78 Å². The van der Waals surface area contributed by atoms with Crippen molar-refractivity contribution < 1.29 is 4.79 Å². The lowest BCUT2D eigenvalue weighted by Crippen LogP contribution is -2.30. The van der Waals surface area contributed by atoms with Gasteiger partial charge in [0.25, 0.3) is 0 Å². The first-order valence-corrected chi connectivity index (χ1v) is 7.33. The van der Waals surface area contributed by atoms with Crippen LogP contribution in [0.5, 0.6) is 0 Å². The maximum atomic E-state index is 11.8. The summed E-state index contributed by atoms with van der Waals surface area (Å²) in [6.07, 6.45) is 5.77. The Morgan fingerprint density at radius 3 is 3.06 bits per heavy atom. The van der Waals surface area contributed by atoms with E-state index in [1.165, 1.54) is 0 Å². The molecule has 0 aromatic carbocycles. The molecular formula is C13H19N3OS. The standard InChI is InChI=1S/C13H19N3OS/c1-10-8-15-7-4-12(10)16-13(17)9-18-11-2-5-14-6-3-11/h4,7-8,11,14H,2-3,5-6,9H2,1H3,(H,15,16,17). The number of carbonyl (C=O) groups is 1. The van der Waals surface area contributed by atoms with Gasteiger partial charge in [-0.2, -0.15) is 0 Å². The second kappa shape index (κ2) is 6.75. The fourth-order valence-electron chi connectivity index (χ4n) is 1.96. The molecule has 1 aromatic rings. The zero-order valence-electron chi connectivity index (χ0n) is 10.6. The number of anilines is 1. The molecule has 0 atom stereocenters. The molecule has 0 saturated carbocycles. The highest BCUT2D eigenvalue weighted by atomic mass is 32.2. The zero-order chi connectivity index (χ0) is 12.8. The molecule has 0 bridgehead atoms. The minimum absolute atomic E-state index is 0.0767. The highest BCUT2D eigenvalue weighted by Crippen LogP contribution is 2.20. The summed E-state index contributed by atoms with van der Waals surface area (Å²) < 4.78 is 0. The molecule has 2 heterocycles. The molecule has 1 amide bonds. The Labute approximate surface area is 112 Å². The molecule has 2 N–H and O–H groups in total. The molecule has 0 spiro atoms. The van der Waals surface area contributed by atoms with Gasteiger partial charge >= 0.3 is 0 Å². The summed E-state index contributed by atoms with van der Waals surface area (Å²) in [6.45, 7) is 4.09. The van der Waals surface area contributed by atoms with Crippen molar-refractivity contribution in [2.75, 3.05) is 24.2 Å². The fraction of sp³-hybridized carbons (Fsp3) is 0.538. The van der Waals surface area contributed by atoms with Gasteiger partial charge < -0.3 is 10.6 Å². The van der Waals surface area contributed by atoms with Crippen LogP contribution < -0.4 is 10.6 Å². The monoisotopic (exact) mass is 265 g/mol. The van der Waals surface area contributed by atoms with Gasteiger partial charge in [0.2, 0.25) is 5.91 Å². The Kier molecular flexibility index (Phi) is 5.01. The van der Waals surface area contributed by atoms with E-state index in [4.69, 9.17) is 0 Å². The number of rotatable bonds is 4. The Morgan fingerprint density at radius 2 is 2.33 bits per heavy atom. The van der Waals surface area contributed by atoms with E-state index >= 15 is 0 Å². The number of nitrogens with one attached hydrogen (secondary N) is 2. The van der Waals surface area contributed by atoms with E-state index in [9.17, 15) is 4.79 Å². The Hall–Kier alpha value is -1.07. The van der Waals surface area contributed by atoms with E-state index in [-0.39, 0.29) is 5.91 Å². The molecule has 0 radical (unpaired) electrons. The molecule has 4 nitrogen and oxygen atoms in total. The van der Waals surface area contributed by atoms with Crippen molar-refractivity contribution in [1.29, 1.82) is 0 Å². The first kappa shape index (κ1) is 13.4. The number of carbonyl (C=O) groups excluding carboxylic acids is 1. The van der Waals surface area contributed by atoms with Crippen molar-refractivity contribution in [3.05, 3.63) is 24.0 Å². The molecule has 2 rings (SSSR count). The van der Waals surface area contributed by atoms with Crippen LogP contribution in [0.2, 0.25) is 0 Å². The van der Waals surface area contributed by atoms with Crippen LogP contribution in [0.25, 0.3) is 0 Å². The van der Waals surface area contributed by atoms with Crippen molar-refractivity contribution >= 4 is 23.4 Å². The maximum Gasteiger partial charge on any atom is 0.234 e. The van der Waals surface area contributed by atoms with Crippen molar-refractivity contribution in [3.8, 4) is 0 Å². The quantitative estimate of drug-likeness (QED) is 0.872. The van der Waals surface area contributed by atoms with Gasteiger partial charge in [0, 0.05) is 23.3 Å². The first-order chi connectivity index (χ1) is 8.75. The molecule has 1 fully saturated rings. The van der Waals surface area contributed by atoms with Crippen LogP contribution in [0.1, 0.15) is 18.4 Å². The Morgan fingerprint density at radius 1 is 1.56 bits per heavy atom. The number of pyridine rings is 1. The number of amides is 1. The lowest BCUT2D eigenvalue weighted by Gasteiger charge is -2.21. The third kappa shape index (κ3) is 3.99. The summed E-state index contributed by atoms with van der Waals surface area (Å²) >= 11 is 1.76. The van der Waals surface area contributed by atoms with Crippen LogP contribution in [0.15, 0.2) is 18.5 Å². The van der Waals surface area contributed by atoms with Gasteiger partial charge in [0.1, 0.15) is 0 Å². The van der Waals surface area contributed by atoms with Gasteiger partial charge in [-0.1, -0.05) is 0 Å². The summed E-state index contributed by atoms with van der Waals surface area (Å²) in [5.41, 5.74) is 1.86. The van der Waals surface area contributed by atoms with E-state index in [1.807, 2.05) is 13.0 Å². The Bertz CT molecular complexity index is 405. The summed E-state index contributed by atoms with van der Waals surface area (Å²) in [5, 5.41) is 6.88. The highest BCUT2D eigenvalue weighted by Gasteiger charge is 2.15. The zero-order valence-corrected chi connectivity index (χ0v) is 11.4. The number of aromatic nitrogens is 1. The summed E-state index contributed by atoms with van der Waals surface area (Å²) in [7, 11) is 0. The molecule has 0 aliphatic carbocycles. The van der Waals surface area contributed by atoms with Crippen LogP contribution in [0.4, 0.5) is 5.69 Å². The average molecular weight is 265 g/mol. The predicted molar refractivity (Wildman–Crippen MR) is 76.0 cm³/mol. The molecule has 1 aliphatic rings. The summed E-state index contributed by atoms with van der Waals surface area (Å²) in [6, 6.07) is 1.84. The number of hydrogen-bond donors (Lipinski definition) is 2. The van der Waals surface area contributed by atoms with Crippen LogP contribution in [0.3, 0.4) is 0 Å². The Balaban J connectivity index is 1.76. The molecule has 0 unspecified atom stereocenters. The van der Waals surface area contributed by atoms with Crippen LogP contribution in [0, 0.1) is 6.92 Å². The lowest BCUT2D eigenvalue weighted by molar-refractivity contribution is -0.113. The van der Waals surface area contributed by atoms with E-state index in [1.54, 1.807) is 24.2 Å². The van der Waals surface area contributed by atoms with Gasteiger partial charge in [-0.25, -0.2) is 0 Å². The van der Waals surface area contributed by atoms with Crippen molar-refractivity contribution in [2.24, 2.45) is 0 Å². The number of thioether (sulfide) groups is 1. The van der Waals surface area contributed by atoms with E-state index in [2.05, 4.69) is 15.6 Å². The van der Waals surface area contributed by atoms with Crippen molar-refractivity contribution in [1.82, 2.24) is 10.3 Å². The highest BCUT2D eigenvalue weighted by molar-refractivity contribution is 8.00. The molecule has 1 aliphatic heterocycles. The third-order valence-electron chi connectivity index (χ3n) is 3.03. The number of nitrogens with zero attached hydrogens (tertiary/aromatic N) is 1. The molecule has 1 saturated heterocycles. The van der Waals surface area contributed by atoms with Crippen LogP contribution in [-0.4, -0.2) is 35.0 Å². The minimum Gasteiger partial charge on any atom is -0.325 e. The van der Waals surface area contributed by atoms with E-state index < -0.39 is 0 Å². The second-order valence-corrected chi connectivity index (χ2v) is 5.79. The molecule has 18 heavy (non-hydrogen) atoms. The lowest BCUT2D eigenvalue weighted by atomic mass is 10.2. The van der Waals surface area contributed by atoms with E-state index in [0.29, 0.717) is 11.0 Å². The van der Waals surface area contributed by atoms with Crippen molar-refractivity contribution in [3.63, 3.8) is 0 Å². The largest absolute Gasteiger partial charge is 0.325 e. The molecule has 5 heteroatoms. The minimum atomic E-state index is 0.0767. The fourth-order valence-corrected chi connectivity index (χ4v) is 2.98. The third-order valence-corrected chi connectivity index (χ3v) is 4.40. The maximum absolute atomic E-state index is 11.8. The number of hydrogen-bond acceptors (Lipinski definition) is 4. The average Bonchev–Trinajstić information content (AvgIpc) is 2.40. The van der Waals surface area contributed by atoms with Crippen LogP contribution >= 0.6 is 11.8 Å². The second-order valence-electron chi connectivity index (χ2n) is 4.50. The normalized spacial score (nSPS) is 16.5. The topological polar surface area (TPSA) is 54.0 Å². The van der Waals surface area contributed by atoms with E-state index in [0.717, 1.165) is 37.2 Å². The van der Waals surface area contributed by atoms with Crippen molar-refractivity contribution in [2.45, 2.75) is 25.0 Å². The first-order valence-electron chi connectivity index (χ1n) is 6.28. The molecule has 98 valence electrons. The van der Waals surface area contributed by atoms with Gasteiger partial charge in [-0.15, -0.1) is 11.8 Å². The van der Waals surface area contributed by atoms with Crippen LogP contribution in [-0.2, 0) is 4.79 Å². The molecular weight excluding hydrogens is 246 g/mol. The predicted octanol–water partition coefficient (Wildman–Crippen LogP) is 1.81. The summed E-state index contributed by atoms with van der Waals surface area (Å²) in [5.74, 6) is 0.611. The molecule has 1 aromatic heterocycles. The van der Waals surface area contributed by atoms with Gasteiger partial charge in [0.05, 0.1) is 5.75 Å².